The first-order chi connectivity index (χ1) is 18.5. The zero-order valence-corrected chi connectivity index (χ0v) is 24.3. The average molecular weight is 549 g/mol. The molecule has 4 amide bonds. The first-order valence-corrected chi connectivity index (χ1v) is 13.1. The minimum Gasteiger partial charge on any atom is -0.444 e. The fraction of sp³-hybridized carbons (Fsp3) is 0.419. The second-order valence-corrected chi connectivity index (χ2v) is 11.6. The first kappa shape index (κ1) is 31.9. The summed E-state index contributed by atoms with van der Waals surface area (Å²) < 4.78 is 5.37. The van der Waals surface area contributed by atoms with Crippen molar-refractivity contribution in [2.45, 2.75) is 84.5 Å². The Morgan fingerprint density at radius 3 is 2.10 bits per heavy atom. The highest BCUT2D eigenvalue weighted by Gasteiger charge is 2.42. The number of nitrogens with zero attached hydrogens (tertiary/aromatic N) is 1. The van der Waals surface area contributed by atoms with E-state index in [2.05, 4.69) is 16.6 Å². The molecule has 2 unspecified atom stereocenters. The molecule has 2 aromatic rings. The van der Waals surface area contributed by atoms with Gasteiger partial charge in [-0.05, 0) is 84.2 Å². The van der Waals surface area contributed by atoms with Gasteiger partial charge in [0.1, 0.15) is 17.7 Å². The van der Waals surface area contributed by atoms with Crippen molar-refractivity contribution in [2.75, 3.05) is 5.32 Å². The van der Waals surface area contributed by atoms with Gasteiger partial charge in [0.05, 0.1) is 0 Å². The molecule has 0 saturated carbocycles. The van der Waals surface area contributed by atoms with E-state index in [1.54, 1.807) is 77.9 Å². The summed E-state index contributed by atoms with van der Waals surface area (Å²) in [7, 11) is 0. The van der Waals surface area contributed by atoms with Crippen molar-refractivity contribution in [2.24, 2.45) is 5.73 Å². The van der Waals surface area contributed by atoms with E-state index in [9.17, 15) is 19.2 Å². The van der Waals surface area contributed by atoms with E-state index in [0.717, 1.165) is 5.56 Å². The maximum Gasteiger partial charge on any atom is 0.408 e. The second kappa shape index (κ2) is 13.2. The molecule has 0 aliphatic heterocycles. The van der Waals surface area contributed by atoms with Crippen LogP contribution >= 0.6 is 0 Å². The highest BCUT2D eigenvalue weighted by atomic mass is 16.6. The standard InChI is InChI=1S/C31H40N4O5/c1-9-21-14-16-22(17-15-21)26(27(37)33-23-13-11-10-12-20(23)2)35(30(3,4)5)28(38)24(18-19-25(32)36)34-29(39)40-31(6,7)8/h1,10-17,24,26H,18-19H2,2-8H3,(H2,32,36)(H,33,37)(H,34,39). The van der Waals surface area contributed by atoms with Gasteiger partial charge in [-0.2, -0.15) is 0 Å². The maximum atomic E-state index is 14.3. The number of hydrogen-bond donors (Lipinski definition) is 3. The minimum absolute atomic E-state index is 0.0812. The summed E-state index contributed by atoms with van der Waals surface area (Å²) in [4.78, 5) is 54.0. The molecule has 40 heavy (non-hydrogen) atoms. The van der Waals surface area contributed by atoms with Crippen LogP contribution < -0.4 is 16.4 Å². The van der Waals surface area contributed by atoms with Crippen LogP contribution in [-0.2, 0) is 19.1 Å². The normalized spacial score (nSPS) is 12.8. The van der Waals surface area contributed by atoms with Gasteiger partial charge < -0.3 is 26.0 Å². The fourth-order valence-electron chi connectivity index (χ4n) is 4.10. The van der Waals surface area contributed by atoms with Gasteiger partial charge in [-0.1, -0.05) is 36.3 Å². The highest BCUT2D eigenvalue weighted by Crippen LogP contribution is 2.32. The molecule has 0 fully saturated rings. The number of benzene rings is 2. The smallest absolute Gasteiger partial charge is 0.408 e. The summed E-state index contributed by atoms with van der Waals surface area (Å²) in [6, 6.07) is 11.8. The lowest BCUT2D eigenvalue weighted by atomic mass is 9.94. The number of carbonyl (C=O) groups excluding carboxylic acids is 4. The Morgan fingerprint density at radius 1 is 1.00 bits per heavy atom. The summed E-state index contributed by atoms with van der Waals surface area (Å²) >= 11 is 0. The molecule has 0 radical (unpaired) electrons. The van der Waals surface area contributed by atoms with E-state index >= 15 is 0 Å². The molecule has 0 aliphatic rings. The molecule has 0 spiro atoms. The van der Waals surface area contributed by atoms with Crippen molar-refractivity contribution in [3.8, 4) is 12.3 Å². The van der Waals surface area contributed by atoms with Crippen LogP contribution in [0.3, 0.4) is 0 Å². The van der Waals surface area contributed by atoms with Crippen LogP contribution in [0.1, 0.15) is 77.1 Å². The number of rotatable bonds is 9. The number of hydrogen-bond acceptors (Lipinski definition) is 5. The summed E-state index contributed by atoms with van der Waals surface area (Å²) in [5.41, 5.74) is 6.21. The van der Waals surface area contributed by atoms with Crippen molar-refractivity contribution >= 4 is 29.5 Å². The van der Waals surface area contributed by atoms with Gasteiger partial charge in [0.15, 0.2) is 0 Å². The first-order valence-electron chi connectivity index (χ1n) is 13.1. The zero-order chi connectivity index (χ0) is 30.3. The van der Waals surface area contributed by atoms with E-state index in [0.29, 0.717) is 16.8 Å². The third-order valence-electron chi connectivity index (χ3n) is 5.93. The Hall–Kier alpha value is -4.32. The number of alkyl carbamates (subject to hydrolysis) is 1. The lowest BCUT2D eigenvalue weighted by molar-refractivity contribution is -0.147. The molecule has 4 N–H and O–H groups in total. The van der Waals surface area contributed by atoms with Gasteiger partial charge in [-0.3, -0.25) is 14.4 Å². The molecule has 2 atom stereocenters. The van der Waals surface area contributed by atoms with Gasteiger partial charge in [0.25, 0.3) is 5.91 Å². The van der Waals surface area contributed by atoms with Gasteiger partial charge in [0.2, 0.25) is 11.8 Å². The number of terminal acetylenes is 1. The van der Waals surface area contributed by atoms with Crippen molar-refractivity contribution in [1.29, 1.82) is 0 Å². The molecule has 214 valence electrons. The number of anilines is 1. The number of amides is 4. The van der Waals surface area contributed by atoms with Gasteiger partial charge in [-0.15, -0.1) is 6.42 Å². The van der Waals surface area contributed by atoms with Crippen LogP contribution in [-0.4, -0.2) is 45.9 Å². The molecule has 0 saturated heterocycles. The molecular weight excluding hydrogens is 508 g/mol. The predicted molar refractivity (Wildman–Crippen MR) is 155 cm³/mol. The number of aryl methyl sites for hydroxylation is 1. The molecule has 0 bridgehead atoms. The number of carbonyl (C=O) groups is 4. The van der Waals surface area contributed by atoms with Gasteiger partial charge >= 0.3 is 6.09 Å². The quantitative estimate of drug-likeness (QED) is 0.399. The molecule has 9 nitrogen and oxygen atoms in total. The number of primary amides is 1. The molecule has 2 rings (SSSR count). The topological polar surface area (TPSA) is 131 Å². The van der Waals surface area contributed by atoms with Crippen molar-refractivity contribution in [3.63, 3.8) is 0 Å². The van der Waals surface area contributed by atoms with E-state index in [-0.39, 0.29) is 12.8 Å². The number of ether oxygens (including phenoxy) is 1. The molecule has 0 heterocycles. The van der Waals surface area contributed by atoms with Crippen LogP contribution in [0.25, 0.3) is 0 Å². The monoisotopic (exact) mass is 548 g/mol. The largest absolute Gasteiger partial charge is 0.444 e. The Balaban J connectivity index is 2.62. The number of nitrogens with two attached hydrogens (primary N) is 1. The van der Waals surface area contributed by atoms with Crippen molar-refractivity contribution < 1.29 is 23.9 Å². The lowest BCUT2D eigenvalue weighted by Crippen LogP contribution is -2.58. The Labute approximate surface area is 236 Å². The summed E-state index contributed by atoms with van der Waals surface area (Å²) in [5, 5.41) is 5.53. The van der Waals surface area contributed by atoms with Gasteiger partial charge in [0, 0.05) is 23.2 Å². The Kier molecular flexibility index (Phi) is 10.5. The number of nitrogens with one attached hydrogen (secondary N) is 2. The Bertz CT molecular complexity index is 1270. The van der Waals surface area contributed by atoms with E-state index < -0.39 is 47.0 Å². The third kappa shape index (κ3) is 9.16. The van der Waals surface area contributed by atoms with E-state index in [1.165, 1.54) is 4.90 Å². The molecular formula is C31H40N4O5. The Morgan fingerprint density at radius 2 is 1.60 bits per heavy atom. The average Bonchev–Trinajstić information content (AvgIpc) is 2.84. The van der Waals surface area contributed by atoms with Crippen LogP contribution in [0.5, 0.6) is 0 Å². The van der Waals surface area contributed by atoms with Crippen LogP contribution in [0, 0.1) is 19.3 Å². The van der Waals surface area contributed by atoms with E-state index in [1.807, 2.05) is 19.1 Å². The van der Waals surface area contributed by atoms with Gasteiger partial charge in [-0.25, -0.2) is 4.79 Å². The predicted octanol–water partition coefficient (Wildman–Crippen LogP) is 4.44. The van der Waals surface area contributed by atoms with Crippen molar-refractivity contribution in [3.05, 3.63) is 65.2 Å². The second-order valence-electron chi connectivity index (χ2n) is 11.6. The van der Waals surface area contributed by atoms with Crippen LogP contribution in [0.2, 0.25) is 0 Å². The summed E-state index contributed by atoms with van der Waals surface area (Å²) in [6.07, 6.45) is 4.46. The van der Waals surface area contributed by atoms with Crippen LogP contribution in [0.15, 0.2) is 48.5 Å². The number of para-hydroxylation sites is 1. The molecule has 2 aromatic carbocycles. The summed E-state index contributed by atoms with van der Waals surface area (Å²) in [5.74, 6) is 0.878. The maximum absolute atomic E-state index is 14.3. The fourth-order valence-corrected chi connectivity index (χ4v) is 4.10. The lowest BCUT2D eigenvalue weighted by Gasteiger charge is -2.43. The zero-order valence-electron chi connectivity index (χ0n) is 24.3. The SMILES string of the molecule is C#Cc1ccc(C(C(=O)Nc2ccccc2C)N(C(=O)C(CCC(N)=O)NC(=O)OC(C)(C)C)C(C)(C)C)cc1. The molecule has 9 heteroatoms. The molecule has 0 aromatic heterocycles. The van der Waals surface area contributed by atoms with Crippen molar-refractivity contribution in [1.82, 2.24) is 10.2 Å². The third-order valence-corrected chi connectivity index (χ3v) is 5.93. The van der Waals surface area contributed by atoms with Crippen LogP contribution in [0.4, 0.5) is 10.5 Å². The minimum atomic E-state index is -1.19. The summed E-state index contributed by atoms with van der Waals surface area (Å²) in [6.45, 7) is 12.3. The highest BCUT2D eigenvalue weighted by molar-refractivity contribution is 5.99. The van der Waals surface area contributed by atoms with E-state index in [4.69, 9.17) is 16.9 Å². The molecule has 0 aliphatic carbocycles.